The molecule has 2 amide bonds. The minimum atomic E-state index is -1.10. The molecule has 0 saturated carbocycles. The highest BCUT2D eigenvalue weighted by Gasteiger charge is 2.14. The summed E-state index contributed by atoms with van der Waals surface area (Å²) in [5.41, 5.74) is 1.24. The van der Waals surface area contributed by atoms with Crippen molar-refractivity contribution in [2.45, 2.75) is 6.92 Å². The molecule has 0 radical (unpaired) electrons. The third kappa shape index (κ3) is 3.25. The van der Waals surface area contributed by atoms with Crippen LogP contribution in [0.2, 0.25) is 5.15 Å². The Kier molecular flexibility index (Phi) is 4.21. The lowest BCUT2D eigenvalue weighted by Crippen LogP contribution is -2.20. The molecule has 0 fully saturated rings. The smallest absolute Gasteiger partial charge is 0.338 e. The predicted octanol–water partition coefficient (Wildman–Crippen LogP) is 3.45. The molecule has 0 atom stereocenters. The van der Waals surface area contributed by atoms with Gasteiger partial charge in [0.15, 0.2) is 5.15 Å². The van der Waals surface area contributed by atoms with Crippen LogP contribution in [-0.4, -0.2) is 22.1 Å². The van der Waals surface area contributed by atoms with Gasteiger partial charge >= 0.3 is 12.0 Å². The SMILES string of the molecule is Cc1cnc(Cl)c(NC(=O)Nc2sccc2C(=O)O)c1. The fourth-order valence-corrected chi connectivity index (χ4v) is 2.40. The number of hydrogen-bond acceptors (Lipinski definition) is 4. The van der Waals surface area contributed by atoms with E-state index in [1.807, 2.05) is 6.92 Å². The molecule has 0 aliphatic rings. The van der Waals surface area contributed by atoms with Crippen LogP contribution in [0.4, 0.5) is 15.5 Å². The zero-order valence-corrected chi connectivity index (χ0v) is 11.9. The number of amides is 2. The van der Waals surface area contributed by atoms with E-state index in [0.29, 0.717) is 5.69 Å². The molecule has 2 aromatic rings. The molecule has 8 heteroatoms. The average Bonchev–Trinajstić information content (AvgIpc) is 2.82. The number of rotatable bonds is 3. The number of aryl methyl sites for hydroxylation is 1. The van der Waals surface area contributed by atoms with Crippen molar-refractivity contribution in [3.63, 3.8) is 0 Å². The molecule has 0 spiro atoms. The first-order valence-corrected chi connectivity index (χ1v) is 6.74. The van der Waals surface area contributed by atoms with Gasteiger partial charge in [-0.05, 0) is 30.0 Å². The Morgan fingerprint density at radius 3 is 2.85 bits per heavy atom. The monoisotopic (exact) mass is 311 g/mol. The first-order chi connectivity index (χ1) is 9.47. The van der Waals surface area contributed by atoms with E-state index >= 15 is 0 Å². The Balaban J connectivity index is 2.11. The summed E-state index contributed by atoms with van der Waals surface area (Å²) < 4.78 is 0. The van der Waals surface area contributed by atoms with Gasteiger partial charge in [-0.1, -0.05) is 11.6 Å². The first-order valence-electron chi connectivity index (χ1n) is 5.48. The second-order valence-corrected chi connectivity index (χ2v) is 5.17. The van der Waals surface area contributed by atoms with Gasteiger partial charge < -0.3 is 10.4 Å². The number of halogens is 1. The number of nitrogens with zero attached hydrogens (tertiary/aromatic N) is 1. The van der Waals surface area contributed by atoms with Crippen LogP contribution in [0.3, 0.4) is 0 Å². The number of thiophene rings is 1. The summed E-state index contributed by atoms with van der Waals surface area (Å²) in [5.74, 6) is -1.10. The van der Waals surface area contributed by atoms with E-state index in [1.54, 1.807) is 17.6 Å². The maximum Gasteiger partial charge on any atom is 0.338 e. The summed E-state index contributed by atoms with van der Waals surface area (Å²) in [6, 6.07) is 2.51. The number of pyridine rings is 1. The molecule has 0 aliphatic carbocycles. The Bertz CT molecular complexity index is 672. The van der Waals surface area contributed by atoms with E-state index in [9.17, 15) is 9.59 Å². The topological polar surface area (TPSA) is 91.3 Å². The fraction of sp³-hybridized carbons (Fsp3) is 0.0833. The van der Waals surface area contributed by atoms with E-state index in [2.05, 4.69) is 15.6 Å². The molecular formula is C12H10ClN3O3S. The second-order valence-electron chi connectivity index (χ2n) is 3.90. The molecule has 3 N–H and O–H groups in total. The number of hydrogen-bond donors (Lipinski definition) is 3. The Morgan fingerprint density at radius 1 is 1.40 bits per heavy atom. The normalized spacial score (nSPS) is 10.1. The number of anilines is 2. The van der Waals surface area contributed by atoms with E-state index in [4.69, 9.17) is 16.7 Å². The largest absolute Gasteiger partial charge is 0.478 e. The summed E-state index contributed by atoms with van der Waals surface area (Å²) in [5, 5.41) is 15.9. The van der Waals surface area contributed by atoms with Gasteiger partial charge in [-0.2, -0.15) is 0 Å². The van der Waals surface area contributed by atoms with Crippen LogP contribution in [0.1, 0.15) is 15.9 Å². The molecule has 2 aromatic heterocycles. The van der Waals surface area contributed by atoms with E-state index in [0.717, 1.165) is 16.9 Å². The number of carboxylic acids is 1. The van der Waals surface area contributed by atoms with Crippen LogP contribution in [0, 0.1) is 6.92 Å². The lowest BCUT2D eigenvalue weighted by atomic mass is 10.3. The minimum Gasteiger partial charge on any atom is -0.478 e. The summed E-state index contributed by atoms with van der Waals surface area (Å²) >= 11 is 6.98. The molecule has 0 saturated heterocycles. The number of carbonyl (C=O) groups is 2. The van der Waals surface area contributed by atoms with Crippen molar-refractivity contribution in [2.24, 2.45) is 0 Å². The van der Waals surface area contributed by atoms with Crippen LogP contribution < -0.4 is 10.6 Å². The maximum absolute atomic E-state index is 11.8. The zero-order valence-electron chi connectivity index (χ0n) is 10.3. The molecule has 0 unspecified atom stereocenters. The summed E-state index contributed by atoms with van der Waals surface area (Å²) in [6.45, 7) is 1.81. The van der Waals surface area contributed by atoms with Crippen LogP contribution in [0.25, 0.3) is 0 Å². The Labute approximate surface area is 123 Å². The molecule has 0 aromatic carbocycles. The van der Waals surface area contributed by atoms with Gasteiger partial charge in [0.1, 0.15) is 5.00 Å². The van der Waals surface area contributed by atoms with Gasteiger partial charge in [-0.25, -0.2) is 14.6 Å². The van der Waals surface area contributed by atoms with Crippen molar-refractivity contribution in [1.82, 2.24) is 4.98 Å². The van der Waals surface area contributed by atoms with Crippen molar-refractivity contribution in [3.8, 4) is 0 Å². The van der Waals surface area contributed by atoms with Crippen molar-refractivity contribution >= 4 is 45.6 Å². The highest BCUT2D eigenvalue weighted by Crippen LogP contribution is 2.24. The van der Waals surface area contributed by atoms with Crippen LogP contribution in [0.5, 0.6) is 0 Å². The van der Waals surface area contributed by atoms with Gasteiger partial charge in [-0.3, -0.25) is 5.32 Å². The van der Waals surface area contributed by atoms with Gasteiger partial charge in [0.05, 0.1) is 11.3 Å². The lowest BCUT2D eigenvalue weighted by molar-refractivity contribution is 0.0698. The van der Waals surface area contributed by atoms with Gasteiger partial charge in [0, 0.05) is 6.20 Å². The number of nitrogens with one attached hydrogen (secondary N) is 2. The highest BCUT2D eigenvalue weighted by molar-refractivity contribution is 7.14. The van der Waals surface area contributed by atoms with E-state index < -0.39 is 12.0 Å². The Hall–Kier alpha value is -2.12. The Morgan fingerprint density at radius 2 is 2.15 bits per heavy atom. The third-order valence-electron chi connectivity index (χ3n) is 2.35. The summed E-state index contributed by atoms with van der Waals surface area (Å²) in [4.78, 5) is 26.7. The molecular weight excluding hydrogens is 302 g/mol. The quantitative estimate of drug-likeness (QED) is 0.757. The van der Waals surface area contributed by atoms with Crippen LogP contribution >= 0.6 is 22.9 Å². The number of urea groups is 1. The van der Waals surface area contributed by atoms with Crippen molar-refractivity contribution in [1.29, 1.82) is 0 Å². The van der Waals surface area contributed by atoms with Gasteiger partial charge in [0.25, 0.3) is 0 Å². The second kappa shape index (κ2) is 5.89. The predicted molar refractivity (Wildman–Crippen MR) is 77.9 cm³/mol. The zero-order chi connectivity index (χ0) is 14.7. The number of carbonyl (C=O) groups excluding carboxylic acids is 1. The summed E-state index contributed by atoms with van der Waals surface area (Å²) in [6.07, 6.45) is 1.58. The maximum atomic E-state index is 11.8. The number of aromatic carboxylic acids is 1. The number of carboxylic acid groups (broad SMARTS) is 1. The molecule has 2 rings (SSSR count). The van der Waals surface area contributed by atoms with Gasteiger partial charge in [0.2, 0.25) is 0 Å². The van der Waals surface area contributed by atoms with E-state index in [-0.39, 0.29) is 15.7 Å². The average molecular weight is 312 g/mol. The third-order valence-corrected chi connectivity index (χ3v) is 3.48. The minimum absolute atomic E-state index is 0.0404. The lowest BCUT2D eigenvalue weighted by Gasteiger charge is -2.08. The molecule has 104 valence electrons. The van der Waals surface area contributed by atoms with Crippen molar-refractivity contribution in [2.75, 3.05) is 10.6 Å². The van der Waals surface area contributed by atoms with E-state index in [1.165, 1.54) is 6.07 Å². The van der Waals surface area contributed by atoms with Crippen molar-refractivity contribution < 1.29 is 14.7 Å². The van der Waals surface area contributed by atoms with Gasteiger partial charge in [-0.15, -0.1) is 11.3 Å². The highest BCUT2D eigenvalue weighted by atomic mass is 35.5. The molecule has 0 aliphatic heterocycles. The van der Waals surface area contributed by atoms with Crippen LogP contribution in [-0.2, 0) is 0 Å². The van der Waals surface area contributed by atoms with Crippen molar-refractivity contribution in [3.05, 3.63) is 40.0 Å². The molecule has 2 heterocycles. The molecule has 20 heavy (non-hydrogen) atoms. The molecule has 6 nitrogen and oxygen atoms in total. The fourth-order valence-electron chi connectivity index (χ4n) is 1.47. The first kappa shape index (κ1) is 14.3. The standard InChI is InChI=1S/C12H10ClN3O3S/c1-6-4-8(9(13)14-5-6)15-12(19)16-10-7(11(17)18)2-3-20-10/h2-5H,1H3,(H,17,18)(H2,15,16,19). The summed E-state index contributed by atoms with van der Waals surface area (Å²) in [7, 11) is 0. The van der Waals surface area contributed by atoms with Crippen LogP contribution in [0.15, 0.2) is 23.7 Å². The number of aromatic nitrogens is 1. The molecule has 0 bridgehead atoms.